The molecule has 130 valence electrons. The summed E-state index contributed by atoms with van der Waals surface area (Å²) in [5, 5.41) is 3.40. The Kier molecular flexibility index (Phi) is 4.82. The molecule has 0 N–H and O–H groups in total. The SMILES string of the molecule is CC1(C)OB(c2cc(CN=[N+]=[N-])cc(OS(=O)(=O)F)c2)OC1(C)C. The van der Waals surface area contributed by atoms with Gasteiger partial charge in [-0.15, -0.1) is 0 Å². The van der Waals surface area contributed by atoms with Crippen molar-refractivity contribution in [2.24, 2.45) is 5.11 Å². The molecular weight excluding hydrogens is 340 g/mol. The van der Waals surface area contributed by atoms with Crippen molar-refractivity contribution < 1.29 is 25.8 Å². The molecule has 0 spiro atoms. The van der Waals surface area contributed by atoms with Crippen LogP contribution >= 0.6 is 0 Å². The number of azide groups is 1. The van der Waals surface area contributed by atoms with Crippen LogP contribution in [0.5, 0.6) is 5.75 Å². The molecule has 24 heavy (non-hydrogen) atoms. The predicted molar refractivity (Wildman–Crippen MR) is 85.7 cm³/mol. The predicted octanol–water partition coefficient (Wildman–Crippen LogP) is 2.39. The van der Waals surface area contributed by atoms with E-state index in [0.29, 0.717) is 11.0 Å². The van der Waals surface area contributed by atoms with Crippen molar-refractivity contribution in [3.63, 3.8) is 0 Å². The molecule has 0 bridgehead atoms. The molecule has 1 aliphatic heterocycles. The summed E-state index contributed by atoms with van der Waals surface area (Å²) in [6.07, 6.45) is 0. The molecule has 11 heteroatoms. The highest BCUT2D eigenvalue weighted by molar-refractivity contribution is 7.81. The third-order valence-corrected chi connectivity index (χ3v) is 4.42. The van der Waals surface area contributed by atoms with Crippen molar-refractivity contribution in [2.75, 3.05) is 0 Å². The number of hydrogen-bond donors (Lipinski definition) is 0. The van der Waals surface area contributed by atoms with Crippen molar-refractivity contribution in [1.29, 1.82) is 0 Å². The molecule has 1 aromatic carbocycles. The van der Waals surface area contributed by atoms with Crippen LogP contribution in [0.25, 0.3) is 10.4 Å². The van der Waals surface area contributed by atoms with Crippen molar-refractivity contribution in [3.8, 4) is 5.75 Å². The van der Waals surface area contributed by atoms with E-state index in [9.17, 15) is 12.3 Å². The maximum absolute atomic E-state index is 12.8. The summed E-state index contributed by atoms with van der Waals surface area (Å²) >= 11 is 0. The fourth-order valence-electron chi connectivity index (χ4n) is 2.17. The molecule has 2 rings (SSSR count). The zero-order valence-electron chi connectivity index (χ0n) is 13.7. The lowest BCUT2D eigenvalue weighted by molar-refractivity contribution is 0.00578. The average Bonchev–Trinajstić information content (AvgIpc) is 2.63. The smallest absolute Gasteiger partial charge is 0.399 e. The van der Waals surface area contributed by atoms with Crippen LogP contribution in [0.1, 0.15) is 33.3 Å². The van der Waals surface area contributed by atoms with E-state index in [4.69, 9.17) is 14.8 Å². The molecule has 0 saturated carbocycles. The molecule has 1 aliphatic rings. The second-order valence-electron chi connectivity index (χ2n) is 6.36. The first-order chi connectivity index (χ1) is 10.9. The van der Waals surface area contributed by atoms with Crippen LogP contribution in [0.15, 0.2) is 23.3 Å². The van der Waals surface area contributed by atoms with Crippen LogP contribution in [-0.2, 0) is 26.4 Å². The van der Waals surface area contributed by atoms with Gasteiger partial charge in [-0.1, -0.05) is 15.1 Å². The van der Waals surface area contributed by atoms with Gasteiger partial charge in [-0.3, -0.25) is 0 Å². The van der Waals surface area contributed by atoms with Gasteiger partial charge in [0.15, 0.2) is 0 Å². The lowest BCUT2D eigenvalue weighted by Gasteiger charge is -2.32. The topological polar surface area (TPSA) is 111 Å². The Labute approximate surface area is 140 Å². The van der Waals surface area contributed by atoms with E-state index in [0.717, 1.165) is 0 Å². The Hall–Kier alpha value is -1.81. The van der Waals surface area contributed by atoms with Gasteiger partial charge in [-0.2, -0.15) is 8.42 Å². The maximum atomic E-state index is 12.8. The Balaban J connectivity index is 2.42. The zero-order valence-corrected chi connectivity index (χ0v) is 14.5. The first-order valence-corrected chi connectivity index (χ1v) is 8.39. The van der Waals surface area contributed by atoms with Crippen LogP contribution in [0, 0.1) is 0 Å². The van der Waals surface area contributed by atoms with Gasteiger partial charge in [0.1, 0.15) is 5.75 Å². The fourth-order valence-corrected chi connectivity index (χ4v) is 2.50. The largest absolute Gasteiger partial charge is 0.494 e. The molecule has 8 nitrogen and oxygen atoms in total. The monoisotopic (exact) mass is 357 g/mol. The summed E-state index contributed by atoms with van der Waals surface area (Å²) in [6, 6.07) is 4.19. The molecule has 0 aliphatic carbocycles. The van der Waals surface area contributed by atoms with Gasteiger partial charge < -0.3 is 13.5 Å². The molecule has 1 saturated heterocycles. The number of nitrogens with zero attached hydrogens (tertiary/aromatic N) is 3. The van der Waals surface area contributed by atoms with Gasteiger partial charge >= 0.3 is 17.6 Å². The first kappa shape index (κ1) is 18.5. The zero-order chi connectivity index (χ0) is 18.2. The second kappa shape index (κ2) is 6.25. The van der Waals surface area contributed by atoms with Crippen LogP contribution in [0.2, 0.25) is 0 Å². The van der Waals surface area contributed by atoms with Crippen molar-refractivity contribution in [3.05, 3.63) is 34.2 Å². The van der Waals surface area contributed by atoms with Crippen LogP contribution in [0.3, 0.4) is 0 Å². The summed E-state index contributed by atoms with van der Waals surface area (Å²) in [7, 11) is -5.99. The van der Waals surface area contributed by atoms with Gasteiger partial charge in [0, 0.05) is 4.91 Å². The summed E-state index contributed by atoms with van der Waals surface area (Å²) in [4.78, 5) is 2.64. The lowest BCUT2D eigenvalue weighted by Crippen LogP contribution is -2.41. The minimum Gasteiger partial charge on any atom is -0.399 e. The van der Waals surface area contributed by atoms with Crippen LogP contribution in [-0.4, -0.2) is 26.7 Å². The van der Waals surface area contributed by atoms with Crippen LogP contribution < -0.4 is 9.65 Å². The molecule has 1 fully saturated rings. The van der Waals surface area contributed by atoms with Gasteiger partial charge in [-0.25, -0.2) is 0 Å². The summed E-state index contributed by atoms with van der Waals surface area (Å²) in [5.41, 5.74) is 8.07. The average molecular weight is 357 g/mol. The fraction of sp³-hybridized carbons (Fsp3) is 0.538. The number of hydrogen-bond acceptors (Lipinski definition) is 6. The third kappa shape index (κ3) is 4.18. The Morgan fingerprint density at radius 3 is 2.33 bits per heavy atom. The van der Waals surface area contributed by atoms with Gasteiger partial charge in [0.2, 0.25) is 0 Å². The molecule has 0 amide bonds. The second-order valence-corrected chi connectivity index (χ2v) is 7.32. The van der Waals surface area contributed by atoms with E-state index in [1.807, 2.05) is 27.7 Å². The minimum absolute atomic E-state index is 0.0630. The van der Waals surface area contributed by atoms with E-state index in [2.05, 4.69) is 14.2 Å². The van der Waals surface area contributed by atoms with Gasteiger partial charge in [-0.05, 0) is 56.4 Å². The van der Waals surface area contributed by atoms with E-state index >= 15 is 0 Å². The number of rotatable bonds is 5. The van der Waals surface area contributed by atoms with E-state index < -0.39 is 28.8 Å². The van der Waals surface area contributed by atoms with Crippen molar-refractivity contribution >= 4 is 23.1 Å². The molecule has 0 unspecified atom stereocenters. The van der Waals surface area contributed by atoms with E-state index in [1.54, 1.807) is 6.07 Å². The standard InChI is InChI=1S/C13H17BFN3O5S/c1-12(2)13(3,4)23-14(22-12)10-5-9(8-17-18-16)6-11(7-10)21-24(15,19)20/h5-7H,8H2,1-4H3. The van der Waals surface area contributed by atoms with E-state index in [1.165, 1.54) is 12.1 Å². The molecule has 0 atom stereocenters. The quantitative estimate of drug-likeness (QED) is 0.264. The third-order valence-electron chi connectivity index (χ3n) is 4.03. The first-order valence-electron chi connectivity index (χ1n) is 7.08. The lowest BCUT2D eigenvalue weighted by atomic mass is 9.78. The highest BCUT2D eigenvalue weighted by atomic mass is 32.3. The molecule has 0 radical (unpaired) electrons. The Bertz CT molecular complexity index is 777. The maximum Gasteiger partial charge on any atom is 0.494 e. The van der Waals surface area contributed by atoms with Crippen molar-refractivity contribution in [2.45, 2.75) is 45.4 Å². The summed E-state index contributed by atoms with van der Waals surface area (Å²) in [5.74, 6) is -0.257. The highest BCUT2D eigenvalue weighted by Gasteiger charge is 2.51. The number of benzene rings is 1. The van der Waals surface area contributed by atoms with Crippen LogP contribution in [0.4, 0.5) is 3.89 Å². The molecule has 0 aromatic heterocycles. The Morgan fingerprint density at radius 2 is 1.83 bits per heavy atom. The normalized spacial score (nSPS) is 19.0. The number of halogens is 1. The van der Waals surface area contributed by atoms with Gasteiger partial charge in [0.25, 0.3) is 0 Å². The van der Waals surface area contributed by atoms with Crippen molar-refractivity contribution in [1.82, 2.24) is 0 Å². The van der Waals surface area contributed by atoms with Gasteiger partial charge in [0.05, 0.1) is 17.7 Å². The summed E-state index contributed by atoms with van der Waals surface area (Å²) in [6.45, 7) is 7.38. The minimum atomic E-state index is -5.19. The molecular formula is C13H17BFN3O5S. The molecule has 1 aromatic rings. The highest BCUT2D eigenvalue weighted by Crippen LogP contribution is 2.36. The molecule has 1 heterocycles. The Morgan fingerprint density at radius 1 is 1.25 bits per heavy atom. The van der Waals surface area contributed by atoms with E-state index in [-0.39, 0.29) is 12.3 Å². The summed E-state index contributed by atoms with van der Waals surface area (Å²) < 4.78 is 50.3.